The fourth-order valence-corrected chi connectivity index (χ4v) is 2.64. The number of aromatic nitrogens is 2. The van der Waals surface area contributed by atoms with Gasteiger partial charge in [-0.1, -0.05) is 0 Å². The van der Waals surface area contributed by atoms with Gasteiger partial charge in [0.25, 0.3) is 0 Å². The van der Waals surface area contributed by atoms with Crippen molar-refractivity contribution in [3.8, 4) is 5.75 Å². The molecule has 4 heteroatoms. The molecule has 1 unspecified atom stereocenters. The Hall–Kier alpha value is -1.55. The van der Waals surface area contributed by atoms with Gasteiger partial charge in [-0.25, -0.2) is 4.98 Å². The van der Waals surface area contributed by atoms with Crippen LogP contribution in [-0.4, -0.2) is 27.6 Å². The number of hydrogen-bond donors (Lipinski definition) is 2. The van der Waals surface area contributed by atoms with Crippen LogP contribution in [-0.2, 0) is 0 Å². The van der Waals surface area contributed by atoms with Gasteiger partial charge in [0.2, 0.25) is 0 Å². The summed E-state index contributed by atoms with van der Waals surface area (Å²) < 4.78 is 1.97. The average molecular weight is 231 g/mol. The minimum absolute atomic E-state index is 0.284. The molecule has 3 heterocycles. The van der Waals surface area contributed by atoms with E-state index in [1.165, 1.54) is 18.5 Å². The molecule has 0 radical (unpaired) electrons. The number of aryl methyl sites for hydroxylation is 1. The second-order valence-electron chi connectivity index (χ2n) is 4.74. The molecular weight excluding hydrogens is 214 g/mol. The Balaban J connectivity index is 2.07. The predicted octanol–water partition coefficient (Wildman–Crippen LogP) is 1.82. The lowest BCUT2D eigenvalue weighted by Gasteiger charge is -2.21. The van der Waals surface area contributed by atoms with Crippen LogP contribution in [0.3, 0.4) is 0 Å². The molecule has 3 rings (SSSR count). The first-order chi connectivity index (χ1) is 8.25. The van der Waals surface area contributed by atoms with E-state index in [-0.39, 0.29) is 5.75 Å². The molecule has 2 aromatic rings. The second kappa shape index (κ2) is 4.04. The molecule has 1 fully saturated rings. The quantitative estimate of drug-likeness (QED) is 0.787. The number of piperidine rings is 1. The molecule has 0 aliphatic carbocycles. The normalized spacial score (nSPS) is 20.9. The van der Waals surface area contributed by atoms with Gasteiger partial charge in [-0.3, -0.25) is 0 Å². The van der Waals surface area contributed by atoms with E-state index >= 15 is 0 Å². The van der Waals surface area contributed by atoms with Crippen LogP contribution >= 0.6 is 0 Å². The number of pyridine rings is 1. The Bertz CT molecular complexity index is 541. The average Bonchev–Trinajstić information content (AvgIpc) is 2.68. The summed E-state index contributed by atoms with van der Waals surface area (Å²) >= 11 is 0. The van der Waals surface area contributed by atoms with Crippen LogP contribution in [0.1, 0.15) is 30.1 Å². The van der Waals surface area contributed by atoms with Crippen LogP contribution in [0, 0.1) is 6.92 Å². The molecule has 1 aliphatic heterocycles. The van der Waals surface area contributed by atoms with Crippen molar-refractivity contribution in [2.75, 3.05) is 13.1 Å². The van der Waals surface area contributed by atoms with Gasteiger partial charge in [-0.15, -0.1) is 0 Å². The van der Waals surface area contributed by atoms with Crippen LogP contribution in [0.2, 0.25) is 0 Å². The maximum atomic E-state index is 9.51. The first kappa shape index (κ1) is 10.6. The lowest BCUT2D eigenvalue weighted by Crippen LogP contribution is -2.28. The zero-order valence-corrected chi connectivity index (χ0v) is 9.98. The van der Waals surface area contributed by atoms with E-state index in [1.54, 1.807) is 12.3 Å². The summed E-state index contributed by atoms with van der Waals surface area (Å²) in [5.74, 6) is 0.789. The first-order valence-corrected chi connectivity index (χ1v) is 6.14. The summed E-state index contributed by atoms with van der Waals surface area (Å²) in [6.45, 7) is 4.20. The van der Waals surface area contributed by atoms with E-state index in [1.807, 2.05) is 10.5 Å². The molecule has 1 saturated heterocycles. The Morgan fingerprint density at radius 1 is 1.47 bits per heavy atom. The minimum Gasteiger partial charge on any atom is -0.506 e. The Morgan fingerprint density at radius 2 is 2.35 bits per heavy atom. The van der Waals surface area contributed by atoms with E-state index in [2.05, 4.69) is 17.2 Å². The van der Waals surface area contributed by atoms with Crippen LogP contribution in [0.5, 0.6) is 5.75 Å². The summed E-state index contributed by atoms with van der Waals surface area (Å²) in [6, 6.07) is 3.55. The first-order valence-electron chi connectivity index (χ1n) is 6.14. The summed E-state index contributed by atoms with van der Waals surface area (Å²) in [5, 5.41) is 12.9. The third-order valence-electron chi connectivity index (χ3n) is 3.56. The highest BCUT2D eigenvalue weighted by Crippen LogP contribution is 2.26. The number of imidazole rings is 1. The van der Waals surface area contributed by atoms with Gasteiger partial charge in [0.05, 0.1) is 11.9 Å². The molecular formula is C13H17N3O. The fraction of sp³-hybridized carbons (Fsp3) is 0.462. The minimum atomic E-state index is 0.284. The molecule has 17 heavy (non-hydrogen) atoms. The van der Waals surface area contributed by atoms with Crippen molar-refractivity contribution in [1.82, 2.24) is 14.7 Å². The van der Waals surface area contributed by atoms with Crippen LogP contribution in [0.15, 0.2) is 18.3 Å². The van der Waals surface area contributed by atoms with Crippen molar-refractivity contribution in [2.45, 2.75) is 25.7 Å². The van der Waals surface area contributed by atoms with Crippen LogP contribution < -0.4 is 5.32 Å². The molecule has 1 atom stereocenters. The molecule has 0 aromatic carbocycles. The molecule has 0 saturated carbocycles. The highest BCUT2D eigenvalue weighted by molar-refractivity contribution is 5.46. The number of hydrogen-bond acceptors (Lipinski definition) is 3. The smallest absolute Gasteiger partial charge is 0.137 e. The standard InChI is InChI=1S/C13H17N3O/c1-9-13(10-3-2-6-14-7-10)15-12-5-4-11(17)8-16(9)12/h4-5,8,10,14,17H,2-3,6-7H2,1H3. The Labute approximate surface area is 100 Å². The second-order valence-corrected chi connectivity index (χ2v) is 4.74. The maximum absolute atomic E-state index is 9.51. The van der Waals surface area contributed by atoms with Crippen molar-refractivity contribution in [1.29, 1.82) is 0 Å². The topological polar surface area (TPSA) is 49.6 Å². The zero-order valence-electron chi connectivity index (χ0n) is 9.98. The number of nitrogens with one attached hydrogen (secondary N) is 1. The van der Waals surface area contributed by atoms with Gasteiger partial charge in [0, 0.05) is 18.2 Å². The number of aromatic hydroxyl groups is 1. The van der Waals surface area contributed by atoms with E-state index in [4.69, 9.17) is 0 Å². The van der Waals surface area contributed by atoms with E-state index in [9.17, 15) is 5.11 Å². The monoisotopic (exact) mass is 231 g/mol. The van der Waals surface area contributed by atoms with E-state index in [0.717, 1.165) is 24.4 Å². The summed E-state index contributed by atoms with van der Waals surface area (Å²) in [5.41, 5.74) is 3.23. The summed E-state index contributed by atoms with van der Waals surface area (Å²) in [4.78, 5) is 4.69. The Kier molecular flexibility index (Phi) is 2.52. The van der Waals surface area contributed by atoms with Gasteiger partial charge in [0.15, 0.2) is 0 Å². The molecule has 4 nitrogen and oxygen atoms in total. The zero-order chi connectivity index (χ0) is 11.8. The van der Waals surface area contributed by atoms with Gasteiger partial charge in [0.1, 0.15) is 11.4 Å². The van der Waals surface area contributed by atoms with Crippen LogP contribution in [0.25, 0.3) is 5.65 Å². The van der Waals surface area contributed by atoms with Gasteiger partial charge < -0.3 is 14.8 Å². The number of rotatable bonds is 1. The summed E-state index contributed by atoms with van der Waals surface area (Å²) in [6.07, 6.45) is 4.14. The molecule has 0 spiro atoms. The largest absolute Gasteiger partial charge is 0.506 e. The molecule has 90 valence electrons. The third kappa shape index (κ3) is 1.78. The van der Waals surface area contributed by atoms with Crippen molar-refractivity contribution >= 4 is 5.65 Å². The van der Waals surface area contributed by atoms with Crippen molar-refractivity contribution in [3.63, 3.8) is 0 Å². The predicted molar refractivity (Wildman–Crippen MR) is 66.4 cm³/mol. The lowest BCUT2D eigenvalue weighted by atomic mass is 9.95. The highest BCUT2D eigenvalue weighted by Gasteiger charge is 2.21. The molecule has 2 aromatic heterocycles. The van der Waals surface area contributed by atoms with Gasteiger partial charge in [-0.2, -0.15) is 0 Å². The lowest BCUT2D eigenvalue weighted by molar-refractivity contribution is 0.454. The van der Waals surface area contributed by atoms with E-state index in [0.29, 0.717) is 5.92 Å². The fourth-order valence-electron chi connectivity index (χ4n) is 2.64. The number of fused-ring (bicyclic) bond motifs is 1. The SMILES string of the molecule is Cc1c(C2CCCNC2)nc2ccc(O)cn12. The van der Waals surface area contributed by atoms with Gasteiger partial charge >= 0.3 is 0 Å². The van der Waals surface area contributed by atoms with Crippen LogP contribution in [0.4, 0.5) is 0 Å². The van der Waals surface area contributed by atoms with Crippen molar-refractivity contribution < 1.29 is 5.11 Å². The van der Waals surface area contributed by atoms with Crippen molar-refractivity contribution in [3.05, 3.63) is 29.7 Å². The van der Waals surface area contributed by atoms with E-state index < -0.39 is 0 Å². The molecule has 1 aliphatic rings. The molecule has 2 N–H and O–H groups in total. The summed E-state index contributed by atoms with van der Waals surface area (Å²) in [7, 11) is 0. The third-order valence-corrected chi connectivity index (χ3v) is 3.56. The Morgan fingerprint density at radius 3 is 3.12 bits per heavy atom. The highest BCUT2D eigenvalue weighted by atomic mass is 16.3. The molecule has 0 bridgehead atoms. The maximum Gasteiger partial charge on any atom is 0.137 e. The molecule has 0 amide bonds. The van der Waals surface area contributed by atoms with Crippen molar-refractivity contribution in [2.24, 2.45) is 0 Å². The number of nitrogens with zero attached hydrogens (tertiary/aromatic N) is 2. The van der Waals surface area contributed by atoms with Gasteiger partial charge in [-0.05, 0) is 38.4 Å².